The Balaban J connectivity index is 1.61. The van der Waals surface area contributed by atoms with Gasteiger partial charge in [0.2, 0.25) is 0 Å². The normalized spacial score (nSPS) is 11.8. The SMILES string of the molecule is CCOC(Cc1ccc(OCCN(CCCOc2ccc(F)cc2)C(=O)Oc2ccccc2OC(F)(F)F)cc1)C(=O)O. The number of para-hydroxylation sites is 2. The molecule has 0 bridgehead atoms. The van der Waals surface area contributed by atoms with Crippen LogP contribution in [-0.2, 0) is 16.0 Å². The highest BCUT2D eigenvalue weighted by atomic mass is 19.4. The van der Waals surface area contributed by atoms with Crippen molar-refractivity contribution in [3.8, 4) is 23.0 Å². The van der Waals surface area contributed by atoms with Crippen LogP contribution in [0.15, 0.2) is 72.8 Å². The van der Waals surface area contributed by atoms with Crippen molar-refractivity contribution < 1.29 is 55.9 Å². The molecule has 1 unspecified atom stereocenters. The van der Waals surface area contributed by atoms with Crippen molar-refractivity contribution in [2.45, 2.75) is 32.2 Å². The highest BCUT2D eigenvalue weighted by molar-refractivity contribution is 5.73. The Labute approximate surface area is 245 Å². The van der Waals surface area contributed by atoms with Crippen LogP contribution in [-0.4, -0.2) is 67.4 Å². The molecule has 3 rings (SSSR count). The topological polar surface area (TPSA) is 104 Å². The van der Waals surface area contributed by atoms with Gasteiger partial charge in [-0.25, -0.2) is 14.0 Å². The molecule has 0 heterocycles. The zero-order valence-corrected chi connectivity index (χ0v) is 23.2. The number of carboxylic acids is 1. The molecule has 0 saturated heterocycles. The molecule has 0 saturated carbocycles. The van der Waals surface area contributed by atoms with Gasteiger partial charge in [0, 0.05) is 19.6 Å². The monoisotopic (exact) mass is 609 g/mol. The quantitative estimate of drug-likeness (QED) is 0.153. The number of aliphatic carboxylic acids is 1. The Bertz CT molecular complexity index is 1300. The first-order chi connectivity index (χ1) is 20.5. The molecule has 0 aromatic heterocycles. The Morgan fingerprint density at radius 1 is 0.860 bits per heavy atom. The van der Waals surface area contributed by atoms with E-state index in [1.165, 1.54) is 47.4 Å². The van der Waals surface area contributed by atoms with Crippen LogP contribution in [0.25, 0.3) is 0 Å². The first-order valence-electron chi connectivity index (χ1n) is 13.3. The van der Waals surface area contributed by atoms with Crippen LogP contribution in [0.5, 0.6) is 23.0 Å². The third-order valence-electron chi connectivity index (χ3n) is 5.80. The van der Waals surface area contributed by atoms with E-state index >= 15 is 0 Å². The van der Waals surface area contributed by atoms with Crippen molar-refractivity contribution in [3.05, 3.63) is 84.2 Å². The number of amides is 1. The van der Waals surface area contributed by atoms with Gasteiger partial charge in [0.25, 0.3) is 0 Å². The summed E-state index contributed by atoms with van der Waals surface area (Å²) < 4.78 is 77.3. The minimum atomic E-state index is -4.99. The van der Waals surface area contributed by atoms with E-state index in [1.54, 1.807) is 31.2 Å². The summed E-state index contributed by atoms with van der Waals surface area (Å²) in [5, 5.41) is 9.27. The number of carbonyl (C=O) groups excluding carboxylic acids is 1. The number of rotatable bonds is 16. The van der Waals surface area contributed by atoms with Gasteiger partial charge in [0.15, 0.2) is 17.6 Å². The molecule has 1 N–H and O–H groups in total. The maximum absolute atomic E-state index is 13.1. The molecule has 232 valence electrons. The molecule has 0 aliphatic carbocycles. The van der Waals surface area contributed by atoms with Crippen molar-refractivity contribution in [2.24, 2.45) is 0 Å². The van der Waals surface area contributed by atoms with Gasteiger partial charge in [0.05, 0.1) is 13.2 Å². The molecule has 9 nitrogen and oxygen atoms in total. The molecular formula is C30H31F4NO8. The van der Waals surface area contributed by atoms with Gasteiger partial charge in [-0.2, -0.15) is 0 Å². The minimum absolute atomic E-state index is 0.00462. The second-order valence-corrected chi connectivity index (χ2v) is 8.98. The molecule has 1 atom stereocenters. The predicted molar refractivity (Wildman–Crippen MR) is 146 cm³/mol. The van der Waals surface area contributed by atoms with E-state index < -0.39 is 41.8 Å². The van der Waals surface area contributed by atoms with Crippen molar-refractivity contribution in [2.75, 3.05) is 32.9 Å². The fourth-order valence-electron chi connectivity index (χ4n) is 3.80. The van der Waals surface area contributed by atoms with Crippen LogP contribution in [0.2, 0.25) is 0 Å². The first kappa shape index (κ1) is 33.0. The van der Waals surface area contributed by atoms with Crippen molar-refractivity contribution in [1.29, 1.82) is 0 Å². The average Bonchev–Trinajstić information content (AvgIpc) is 2.96. The van der Waals surface area contributed by atoms with Crippen molar-refractivity contribution >= 4 is 12.1 Å². The Hall–Kier alpha value is -4.52. The summed E-state index contributed by atoms with van der Waals surface area (Å²) >= 11 is 0. The van der Waals surface area contributed by atoms with E-state index in [0.717, 1.165) is 11.6 Å². The number of hydrogen-bond acceptors (Lipinski definition) is 7. The van der Waals surface area contributed by atoms with Gasteiger partial charge < -0.3 is 33.7 Å². The summed E-state index contributed by atoms with van der Waals surface area (Å²) in [5.41, 5.74) is 0.722. The number of carbonyl (C=O) groups is 2. The maximum Gasteiger partial charge on any atom is 0.573 e. The van der Waals surface area contributed by atoms with Gasteiger partial charge in [-0.05, 0) is 67.4 Å². The lowest BCUT2D eigenvalue weighted by Gasteiger charge is -2.23. The highest BCUT2D eigenvalue weighted by Gasteiger charge is 2.33. The van der Waals surface area contributed by atoms with Gasteiger partial charge in [0.1, 0.15) is 23.9 Å². The van der Waals surface area contributed by atoms with E-state index in [4.69, 9.17) is 18.9 Å². The third kappa shape index (κ3) is 11.7. The lowest BCUT2D eigenvalue weighted by atomic mass is 10.1. The lowest BCUT2D eigenvalue weighted by Crippen LogP contribution is -2.38. The average molecular weight is 610 g/mol. The number of carboxylic acid groups (broad SMARTS) is 1. The smallest absolute Gasteiger partial charge is 0.494 e. The third-order valence-corrected chi connectivity index (χ3v) is 5.80. The van der Waals surface area contributed by atoms with E-state index in [9.17, 15) is 32.3 Å². The van der Waals surface area contributed by atoms with E-state index in [2.05, 4.69) is 4.74 Å². The number of benzene rings is 3. The molecule has 0 radical (unpaired) electrons. The molecule has 0 spiro atoms. The van der Waals surface area contributed by atoms with Gasteiger partial charge in [-0.1, -0.05) is 24.3 Å². The Morgan fingerprint density at radius 2 is 1.47 bits per heavy atom. The maximum atomic E-state index is 13.1. The Kier molecular flexibility index (Phi) is 12.4. The molecule has 43 heavy (non-hydrogen) atoms. The summed E-state index contributed by atoms with van der Waals surface area (Å²) in [7, 11) is 0. The lowest BCUT2D eigenvalue weighted by molar-refractivity contribution is -0.275. The summed E-state index contributed by atoms with van der Waals surface area (Å²) in [5.74, 6) is -1.69. The Morgan fingerprint density at radius 3 is 2.07 bits per heavy atom. The number of ether oxygens (including phenoxy) is 5. The van der Waals surface area contributed by atoms with E-state index in [1.807, 2.05) is 0 Å². The van der Waals surface area contributed by atoms with Gasteiger partial charge in [-0.3, -0.25) is 0 Å². The van der Waals surface area contributed by atoms with Gasteiger partial charge in [-0.15, -0.1) is 13.2 Å². The van der Waals surface area contributed by atoms with Crippen LogP contribution >= 0.6 is 0 Å². The van der Waals surface area contributed by atoms with Crippen LogP contribution in [0.3, 0.4) is 0 Å². The zero-order chi connectivity index (χ0) is 31.2. The van der Waals surface area contributed by atoms with E-state index in [0.29, 0.717) is 17.9 Å². The number of hydrogen-bond donors (Lipinski definition) is 1. The first-order valence-corrected chi connectivity index (χ1v) is 13.3. The summed E-state index contributed by atoms with van der Waals surface area (Å²) in [6.45, 7) is 2.23. The summed E-state index contributed by atoms with van der Waals surface area (Å²) in [4.78, 5) is 25.6. The molecule has 0 aliphatic heterocycles. The van der Waals surface area contributed by atoms with Crippen LogP contribution < -0.4 is 18.9 Å². The molecular weight excluding hydrogens is 578 g/mol. The van der Waals surface area contributed by atoms with Crippen LogP contribution in [0.1, 0.15) is 18.9 Å². The van der Waals surface area contributed by atoms with E-state index in [-0.39, 0.29) is 39.3 Å². The molecule has 13 heteroatoms. The molecule has 0 fully saturated rings. The minimum Gasteiger partial charge on any atom is -0.494 e. The standard InChI is InChI=1S/C30H31F4NO8/c1-2-39-27(28(36)37)20-21-8-12-23(13-9-21)41-19-17-35(16-5-18-40-24-14-10-22(31)11-15-24)29(38)42-25-6-3-4-7-26(25)43-30(32,33)34/h3-4,6-15,27H,2,5,16-20H2,1H3,(H,36,37). The number of halogens is 4. The fraction of sp³-hybridized carbons (Fsp3) is 0.333. The van der Waals surface area contributed by atoms with Crippen LogP contribution in [0, 0.1) is 5.82 Å². The summed E-state index contributed by atoms with van der Waals surface area (Å²) in [6.07, 6.45) is -6.42. The number of alkyl halides is 3. The second kappa shape index (κ2) is 16.2. The second-order valence-electron chi connectivity index (χ2n) is 8.98. The largest absolute Gasteiger partial charge is 0.573 e. The molecule has 3 aromatic carbocycles. The molecule has 1 amide bonds. The summed E-state index contributed by atoms with van der Waals surface area (Å²) in [6, 6.07) is 17.0. The highest BCUT2D eigenvalue weighted by Crippen LogP contribution is 2.32. The predicted octanol–water partition coefficient (Wildman–Crippen LogP) is 6.11. The molecule has 3 aromatic rings. The number of nitrogens with zero attached hydrogens (tertiary/aromatic N) is 1. The zero-order valence-electron chi connectivity index (χ0n) is 23.2. The van der Waals surface area contributed by atoms with Crippen molar-refractivity contribution in [3.63, 3.8) is 0 Å². The van der Waals surface area contributed by atoms with Gasteiger partial charge >= 0.3 is 18.4 Å². The fourth-order valence-corrected chi connectivity index (χ4v) is 3.80. The van der Waals surface area contributed by atoms with Crippen molar-refractivity contribution in [1.82, 2.24) is 4.90 Å². The molecule has 0 aliphatic rings. The van der Waals surface area contributed by atoms with Crippen LogP contribution in [0.4, 0.5) is 22.4 Å².